The summed E-state index contributed by atoms with van der Waals surface area (Å²) in [4.78, 5) is 24.2. The summed E-state index contributed by atoms with van der Waals surface area (Å²) in [7, 11) is 0. The molecule has 1 N–H and O–H groups in total. The highest BCUT2D eigenvalue weighted by Gasteiger charge is 2.17. The highest BCUT2D eigenvalue weighted by atomic mass is 16.4. The van der Waals surface area contributed by atoms with Crippen molar-refractivity contribution in [2.75, 3.05) is 0 Å². The van der Waals surface area contributed by atoms with Crippen molar-refractivity contribution in [2.24, 2.45) is 5.92 Å². The van der Waals surface area contributed by atoms with Gasteiger partial charge in [0.25, 0.3) is 0 Å². The number of rotatable bonds is 4. The monoisotopic (exact) mass is 285 g/mol. The molecule has 0 fully saturated rings. The van der Waals surface area contributed by atoms with Gasteiger partial charge in [-0.25, -0.2) is 9.97 Å². The number of carboxylic acids is 1. The fourth-order valence-corrected chi connectivity index (χ4v) is 2.27. The second-order valence-electron chi connectivity index (χ2n) is 5.33. The van der Waals surface area contributed by atoms with Crippen molar-refractivity contribution in [2.45, 2.75) is 34.1 Å². The van der Waals surface area contributed by atoms with E-state index in [1.165, 1.54) is 0 Å². The zero-order chi connectivity index (χ0) is 15.6. The maximum Gasteiger partial charge on any atom is 0.306 e. The summed E-state index contributed by atoms with van der Waals surface area (Å²) in [5.74, 6) is -0.584. The van der Waals surface area contributed by atoms with Gasteiger partial charge in [-0.15, -0.1) is 0 Å². The van der Waals surface area contributed by atoms with Crippen molar-refractivity contribution in [1.82, 2.24) is 15.0 Å². The van der Waals surface area contributed by atoms with Crippen molar-refractivity contribution in [3.8, 4) is 11.4 Å². The first-order valence-corrected chi connectivity index (χ1v) is 6.88. The van der Waals surface area contributed by atoms with Crippen LogP contribution in [0.5, 0.6) is 0 Å². The van der Waals surface area contributed by atoms with E-state index in [1.807, 2.05) is 26.8 Å². The molecule has 5 heteroatoms. The van der Waals surface area contributed by atoms with Gasteiger partial charge >= 0.3 is 5.97 Å². The van der Waals surface area contributed by atoms with E-state index in [4.69, 9.17) is 5.11 Å². The van der Waals surface area contributed by atoms with E-state index in [9.17, 15) is 4.79 Å². The maximum absolute atomic E-state index is 11.0. The molecule has 2 aromatic rings. The van der Waals surface area contributed by atoms with E-state index in [2.05, 4.69) is 15.0 Å². The van der Waals surface area contributed by atoms with E-state index in [0.29, 0.717) is 12.2 Å². The number of aliphatic carboxylic acids is 1. The molecular weight excluding hydrogens is 266 g/mol. The normalized spacial score (nSPS) is 12.2. The van der Waals surface area contributed by atoms with E-state index < -0.39 is 11.9 Å². The highest BCUT2D eigenvalue weighted by Crippen LogP contribution is 2.22. The molecule has 1 unspecified atom stereocenters. The standard InChI is InChI=1S/C16H19N3O2/c1-9(16(20)21)7-14-11(3)18-15(19-12(14)4)13-5-6-17-8-10(13)2/h5-6,8-9H,7H2,1-4H3,(H,20,21). The molecule has 2 aromatic heterocycles. The van der Waals surface area contributed by atoms with Gasteiger partial charge in [0.2, 0.25) is 0 Å². The van der Waals surface area contributed by atoms with Crippen LogP contribution in [0.15, 0.2) is 18.5 Å². The smallest absolute Gasteiger partial charge is 0.306 e. The van der Waals surface area contributed by atoms with Crippen molar-refractivity contribution in [3.63, 3.8) is 0 Å². The van der Waals surface area contributed by atoms with E-state index >= 15 is 0 Å². The van der Waals surface area contributed by atoms with E-state index in [1.54, 1.807) is 19.3 Å². The molecule has 0 bridgehead atoms. The SMILES string of the molecule is Cc1cnccc1-c1nc(C)c(CC(C)C(=O)O)c(C)n1. The number of hydrogen-bond acceptors (Lipinski definition) is 4. The maximum atomic E-state index is 11.0. The molecule has 0 aliphatic heterocycles. The van der Waals surface area contributed by atoms with Crippen molar-refractivity contribution in [1.29, 1.82) is 0 Å². The number of pyridine rings is 1. The molecule has 1 atom stereocenters. The minimum absolute atomic E-state index is 0.445. The lowest BCUT2D eigenvalue weighted by atomic mass is 9.98. The van der Waals surface area contributed by atoms with E-state index in [-0.39, 0.29) is 0 Å². The van der Waals surface area contributed by atoms with Crippen LogP contribution >= 0.6 is 0 Å². The van der Waals surface area contributed by atoms with E-state index in [0.717, 1.165) is 28.1 Å². The average molecular weight is 285 g/mol. The summed E-state index contributed by atoms with van der Waals surface area (Å²) < 4.78 is 0. The fraction of sp³-hybridized carbons (Fsp3) is 0.375. The third-order valence-corrected chi connectivity index (χ3v) is 3.61. The predicted octanol–water partition coefficient (Wildman–Crippen LogP) is 2.73. The summed E-state index contributed by atoms with van der Waals surface area (Å²) in [6.45, 7) is 7.47. The molecule has 0 saturated carbocycles. The van der Waals surface area contributed by atoms with Gasteiger partial charge in [-0.05, 0) is 44.4 Å². The molecule has 0 aromatic carbocycles. The summed E-state index contributed by atoms with van der Waals surface area (Å²) in [5.41, 5.74) is 4.56. The Labute approximate surface area is 124 Å². The summed E-state index contributed by atoms with van der Waals surface area (Å²) >= 11 is 0. The Kier molecular flexibility index (Phi) is 4.31. The number of carbonyl (C=O) groups is 1. The molecule has 0 spiro atoms. The fourth-order valence-electron chi connectivity index (χ4n) is 2.27. The first-order chi connectivity index (χ1) is 9.90. The minimum Gasteiger partial charge on any atom is -0.481 e. The molecule has 0 aliphatic rings. The average Bonchev–Trinajstić information content (AvgIpc) is 2.42. The Balaban J connectivity index is 2.42. The minimum atomic E-state index is -0.803. The third-order valence-electron chi connectivity index (χ3n) is 3.61. The van der Waals surface area contributed by atoms with Gasteiger partial charge in [0.15, 0.2) is 5.82 Å². The Hall–Kier alpha value is -2.30. The van der Waals surface area contributed by atoms with Crippen LogP contribution in [0.4, 0.5) is 0 Å². The molecule has 2 rings (SSSR count). The van der Waals surface area contributed by atoms with Gasteiger partial charge in [-0.3, -0.25) is 9.78 Å². The lowest BCUT2D eigenvalue weighted by Gasteiger charge is -2.13. The zero-order valence-corrected chi connectivity index (χ0v) is 12.7. The van der Waals surface area contributed by atoms with Crippen LogP contribution in [0, 0.1) is 26.7 Å². The van der Waals surface area contributed by atoms with Crippen molar-refractivity contribution >= 4 is 5.97 Å². The summed E-state index contributed by atoms with van der Waals surface area (Å²) in [5, 5.41) is 9.05. The van der Waals surface area contributed by atoms with Gasteiger partial charge in [0.1, 0.15) is 0 Å². The van der Waals surface area contributed by atoms with Crippen molar-refractivity contribution in [3.05, 3.63) is 41.0 Å². The van der Waals surface area contributed by atoms with Crippen LogP contribution in [0.3, 0.4) is 0 Å². The van der Waals surface area contributed by atoms with Crippen LogP contribution < -0.4 is 0 Å². The van der Waals surface area contributed by atoms with Crippen LogP contribution in [0.25, 0.3) is 11.4 Å². The number of hydrogen-bond donors (Lipinski definition) is 1. The molecule has 0 radical (unpaired) electrons. The molecule has 21 heavy (non-hydrogen) atoms. The van der Waals surface area contributed by atoms with Crippen molar-refractivity contribution < 1.29 is 9.90 Å². The zero-order valence-electron chi connectivity index (χ0n) is 12.7. The predicted molar refractivity (Wildman–Crippen MR) is 80.0 cm³/mol. The van der Waals surface area contributed by atoms with Gasteiger partial charge in [-0.1, -0.05) is 6.92 Å². The Morgan fingerprint density at radius 1 is 1.24 bits per heavy atom. The van der Waals surface area contributed by atoms with Gasteiger partial charge in [0, 0.05) is 29.3 Å². The second kappa shape index (κ2) is 5.99. The Morgan fingerprint density at radius 3 is 2.38 bits per heavy atom. The van der Waals surface area contributed by atoms with Gasteiger partial charge < -0.3 is 5.11 Å². The first-order valence-electron chi connectivity index (χ1n) is 6.88. The second-order valence-corrected chi connectivity index (χ2v) is 5.33. The number of nitrogens with zero attached hydrogens (tertiary/aromatic N) is 3. The summed E-state index contributed by atoms with van der Waals surface area (Å²) in [6.07, 6.45) is 3.95. The van der Waals surface area contributed by atoms with Crippen LogP contribution in [0.1, 0.15) is 29.4 Å². The number of carboxylic acid groups (broad SMARTS) is 1. The quantitative estimate of drug-likeness (QED) is 0.934. The lowest BCUT2D eigenvalue weighted by Crippen LogP contribution is -2.15. The molecular formula is C16H19N3O2. The van der Waals surface area contributed by atoms with Crippen LogP contribution in [0.2, 0.25) is 0 Å². The lowest BCUT2D eigenvalue weighted by molar-refractivity contribution is -0.141. The molecule has 0 saturated heterocycles. The van der Waals surface area contributed by atoms with Crippen LogP contribution in [-0.4, -0.2) is 26.0 Å². The first kappa shape index (κ1) is 15.1. The summed E-state index contributed by atoms with van der Waals surface area (Å²) in [6, 6.07) is 1.89. The molecule has 0 amide bonds. The van der Waals surface area contributed by atoms with Crippen LogP contribution in [-0.2, 0) is 11.2 Å². The third kappa shape index (κ3) is 3.24. The number of aryl methyl sites for hydroxylation is 3. The van der Waals surface area contributed by atoms with Gasteiger partial charge in [-0.2, -0.15) is 0 Å². The molecule has 110 valence electrons. The Morgan fingerprint density at radius 2 is 1.86 bits per heavy atom. The molecule has 5 nitrogen and oxygen atoms in total. The highest BCUT2D eigenvalue weighted by molar-refractivity contribution is 5.70. The Bertz CT molecular complexity index is 660. The molecule has 2 heterocycles. The topological polar surface area (TPSA) is 76.0 Å². The molecule has 0 aliphatic carbocycles. The van der Waals surface area contributed by atoms with Gasteiger partial charge in [0.05, 0.1) is 5.92 Å². The largest absolute Gasteiger partial charge is 0.481 e. The number of aromatic nitrogens is 3.